The molecular formula is C16H20N2O. The van der Waals surface area contributed by atoms with Gasteiger partial charge >= 0.3 is 0 Å². The molecule has 1 aromatic carbocycles. The maximum absolute atomic E-state index is 12.2. The van der Waals surface area contributed by atoms with Crippen molar-refractivity contribution in [1.82, 2.24) is 5.32 Å². The second-order valence-corrected chi connectivity index (χ2v) is 5.28. The van der Waals surface area contributed by atoms with Crippen LogP contribution in [0.25, 0.3) is 0 Å². The van der Waals surface area contributed by atoms with Crippen LogP contribution in [0.15, 0.2) is 24.3 Å². The number of nitrogens with zero attached hydrogens (tertiary/aromatic N) is 1. The molecule has 2 rings (SSSR count). The molecule has 0 radical (unpaired) electrons. The number of benzene rings is 1. The zero-order chi connectivity index (χ0) is 13.7. The molecule has 1 amide bonds. The maximum atomic E-state index is 12.2. The van der Waals surface area contributed by atoms with Crippen LogP contribution in [-0.4, -0.2) is 11.9 Å². The summed E-state index contributed by atoms with van der Waals surface area (Å²) in [5.74, 6) is -0.193. The number of hydrogen-bond donors (Lipinski definition) is 1. The van der Waals surface area contributed by atoms with Crippen molar-refractivity contribution in [3.8, 4) is 6.07 Å². The molecule has 1 aromatic rings. The molecule has 1 aliphatic rings. The molecule has 100 valence electrons. The quantitative estimate of drug-likeness (QED) is 0.901. The molecule has 19 heavy (non-hydrogen) atoms. The van der Waals surface area contributed by atoms with E-state index in [1.165, 1.54) is 19.3 Å². The van der Waals surface area contributed by atoms with Crippen molar-refractivity contribution in [3.05, 3.63) is 35.4 Å². The van der Waals surface area contributed by atoms with Crippen molar-refractivity contribution >= 4 is 5.91 Å². The van der Waals surface area contributed by atoms with Crippen molar-refractivity contribution in [3.63, 3.8) is 0 Å². The molecule has 0 heterocycles. The average molecular weight is 256 g/mol. The molecule has 1 aliphatic carbocycles. The van der Waals surface area contributed by atoms with Crippen LogP contribution < -0.4 is 5.32 Å². The van der Waals surface area contributed by atoms with E-state index in [0.29, 0.717) is 11.6 Å². The van der Waals surface area contributed by atoms with Crippen molar-refractivity contribution in [1.29, 1.82) is 5.26 Å². The minimum Gasteiger partial charge on any atom is -0.349 e. The van der Waals surface area contributed by atoms with Gasteiger partial charge in [0, 0.05) is 11.6 Å². The Morgan fingerprint density at radius 3 is 2.79 bits per heavy atom. The highest BCUT2D eigenvalue weighted by Crippen LogP contribution is 2.19. The highest BCUT2D eigenvalue weighted by atomic mass is 16.1. The summed E-state index contributed by atoms with van der Waals surface area (Å²) >= 11 is 0. The molecule has 1 fully saturated rings. The Kier molecular flexibility index (Phi) is 4.57. The number of hydrogen-bond acceptors (Lipinski definition) is 2. The molecule has 0 bridgehead atoms. The number of carbonyl (C=O) groups excluding carboxylic acids is 1. The summed E-state index contributed by atoms with van der Waals surface area (Å²) in [6, 6.07) is 9.89. The molecule has 3 nitrogen and oxygen atoms in total. The van der Waals surface area contributed by atoms with E-state index < -0.39 is 0 Å². The fraction of sp³-hybridized carbons (Fsp3) is 0.500. The lowest BCUT2D eigenvalue weighted by molar-refractivity contribution is 0.0927. The largest absolute Gasteiger partial charge is 0.349 e. The van der Waals surface area contributed by atoms with Crippen molar-refractivity contribution in [2.45, 2.75) is 51.0 Å². The summed E-state index contributed by atoms with van der Waals surface area (Å²) in [4.78, 5) is 12.2. The third kappa shape index (κ3) is 3.57. The number of carbonyl (C=O) groups is 1. The van der Waals surface area contributed by atoms with Gasteiger partial charge in [0.2, 0.25) is 0 Å². The van der Waals surface area contributed by atoms with Gasteiger partial charge in [0.15, 0.2) is 0 Å². The second-order valence-electron chi connectivity index (χ2n) is 5.28. The predicted molar refractivity (Wildman–Crippen MR) is 74.8 cm³/mol. The number of rotatable bonds is 3. The standard InChI is InChI=1S/C16H20N2O/c1-12(11-17)13-6-5-7-14(10-13)16(19)18-15-8-3-2-4-9-15/h5-7,10,12,15H,2-4,8-9H2,1H3,(H,18,19). The van der Waals surface area contributed by atoms with Crippen LogP contribution in [0, 0.1) is 11.3 Å². The Labute approximate surface area is 114 Å². The lowest BCUT2D eigenvalue weighted by atomic mass is 9.95. The topological polar surface area (TPSA) is 52.9 Å². The van der Waals surface area contributed by atoms with E-state index in [2.05, 4.69) is 11.4 Å². The molecule has 0 saturated heterocycles. The molecule has 1 atom stereocenters. The van der Waals surface area contributed by atoms with Crippen LogP contribution >= 0.6 is 0 Å². The van der Waals surface area contributed by atoms with E-state index in [9.17, 15) is 4.79 Å². The summed E-state index contributed by atoms with van der Waals surface area (Å²) in [7, 11) is 0. The molecule has 0 spiro atoms. The van der Waals surface area contributed by atoms with Gasteiger partial charge in [-0.25, -0.2) is 0 Å². The summed E-state index contributed by atoms with van der Waals surface area (Å²) in [5.41, 5.74) is 1.56. The van der Waals surface area contributed by atoms with Crippen LogP contribution in [0.5, 0.6) is 0 Å². The smallest absolute Gasteiger partial charge is 0.251 e. The Morgan fingerprint density at radius 1 is 1.37 bits per heavy atom. The summed E-state index contributed by atoms with van der Waals surface area (Å²) in [6.07, 6.45) is 5.86. The van der Waals surface area contributed by atoms with Gasteiger partial charge in [0.25, 0.3) is 5.91 Å². The Bertz CT molecular complexity index is 484. The van der Waals surface area contributed by atoms with Gasteiger partial charge in [0.05, 0.1) is 12.0 Å². The molecule has 3 heteroatoms. The molecule has 0 aromatic heterocycles. The fourth-order valence-electron chi connectivity index (χ4n) is 2.54. The lowest BCUT2D eigenvalue weighted by Crippen LogP contribution is -2.36. The molecule has 1 unspecified atom stereocenters. The molecule has 0 aliphatic heterocycles. The van der Waals surface area contributed by atoms with Gasteiger partial charge in [-0.1, -0.05) is 31.4 Å². The first kappa shape index (κ1) is 13.6. The van der Waals surface area contributed by atoms with Crippen LogP contribution in [-0.2, 0) is 0 Å². The zero-order valence-corrected chi connectivity index (χ0v) is 11.4. The first-order valence-electron chi connectivity index (χ1n) is 7.01. The van der Waals surface area contributed by atoms with Crippen molar-refractivity contribution < 1.29 is 4.79 Å². The van der Waals surface area contributed by atoms with E-state index in [1.807, 2.05) is 31.2 Å². The van der Waals surface area contributed by atoms with Crippen molar-refractivity contribution in [2.24, 2.45) is 0 Å². The SMILES string of the molecule is CC(C#N)c1cccc(C(=O)NC2CCCCC2)c1. The Balaban J connectivity index is 2.04. The summed E-state index contributed by atoms with van der Waals surface area (Å²) in [5, 5.41) is 12.0. The van der Waals surface area contributed by atoms with Gasteiger partial charge in [-0.3, -0.25) is 4.79 Å². The van der Waals surface area contributed by atoms with Crippen LogP contribution in [0.1, 0.15) is 60.9 Å². The number of nitriles is 1. The molecule has 1 N–H and O–H groups in total. The van der Waals surface area contributed by atoms with Crippen LogP contribution in [0.2, 0.25) is 0 Å². The van der Waals surface area contributed by atoms with Gasteiger partial charge in [-0.15, -0.1) is 0 Å². The van der Waals surface area contributed by atoms with Crippen molar-refractivity contribution in [2.75, 3.05) is 0 Å². The minimum absolute atomic E-state index is 0.0149. The van der Waals surface area contributed by atoms with Gasteiger partial charge in [0.1, 0.15) is 0 Å². The third-order valence-corrected chi connectivity index (χ3v) is 3.78. The third-order valence-electron chi connectivity index (χ3n) is 3.78. The van der Waals surface area contributed by atoms with Gasteiger partial charge < -0.3 is 5.32 Å². The fourth-order valence-corrected chi connectivity index (χ4v) is 2.54. The predicted octanol–water partition coefficient (Wildman–Crippen LogP) is 3.38. The van der Waals surface area contributed by atoms with E-state index in [4.69, 9.17) is 5.26 Å². The Morgan fingerprint density at radius 2 is 2.11 bits per heavy atom. The van der Waals surface area contributed by atoms with E-state index in [-0.39, 0.29) is 11.8 Å². The van der Waals surface area contributed by atoms with E-state index in [0.717, 1.165) is 18.4 Å². The van der Waals surface area contributed by atoms with Gasteiger partial charge in [-0.2, -0.15) is 5.26 Å². The monoisotopic (exact) mass is 256 g/mol. The highest BCUT2D eigenvalue weighted by molar-refractivity contribution is 5.94. The summed E-state index contributed by atoms with van der Waals surface area (Å²) < 4.78 is 0. The first-order chi connectivity index (χ1) is 9.20. The summed E-state index contributed by atoms with van der Waals surface area (Å²) in [6.45, 7) is 1.85. The van der Waals surface area contributed by atoms with Crippen LogP contribution in [0.3, 0.4) is 0 Å². The molecular weight excluding hydrogens is 236 g/mol. The Hall–Kier alpha value is -1.82. The van der Waals surface area contributed by atoms with E-state index >= 15 is 0 Å². The van der Waals surface area contributed by atoms with Gasteiger partial charge in [-0.05, 0) is 37.5 Å². The molecule has 1 saturated carbocycles. The average Bonchev–Trinajstić information content (AvgIpc) is 2.47. The first-order valence-corrected chi connectivity index (χ1v) is 7.01. The maximum Gasteiger partial charge on any atom is 0.251 e. The zero-order valence-electron chi connectivity index (χ0n) is 11.4. The van der Waals surface area contributed by atoms with Crippen LogP contribution in [0.4, 0.5) is 0 Å². The van der Waals surface area contributed by atoms with E-state index in [1.54, 1.807) is 0 Å². The highest BCUT2D eigenvalue weighted by Gasteiger charge is 2.17. The number of nitrogens with one attached hydrogen (secondary N) is 1. The second kappa shape index (κ2) is 6.38. The normalized spacial score (nSPS) is 17.5. The lowest BCUT2D eigenvalue weighted by Gasteiger charge is -2.22. The minimum atomic E-state index is -0.178. The number of amides is 1.